The van der Waals surface area contributed by atoms with Gasteiger partial charge in [0.1, 0.15) is 5.82 Å². The lowest BCUT2D eigenvalue weighted by molar-refractivity contribution is 0.258. The van der Waals surface area contributed by atoms with Gasteiger partial charge in [-0.15, -0.1) is 0 Å². The second kappa shape index (κ2) is 5.25. The van der Waals surface area contributed by atoms with E-state index in [0.29, 0.717) is 0 Å². The van der Waals surface area contributed by atoms with E-state index in [9.17, 15) is 4.39 Å². The van der Waals surface area contributed by atoms with E-state index in [1.54, 1.807) is 6.07 Å². The average Bonchev–Trinajstić information content (AvgIpc) is 2.30. The maximum atomic E-state index is 13.0. The lowest BCUT2D eigenvalue weighted by Gasteiger charge is -2.35. The summed E-state index contributed by atoms with van der Waals surface area (Å²) in [6, 6.07) is 4.98. The molecule has 1 aliphatic heterocycles. The van der Waals surface area contributed by atoms with Gasteiger partial charge in [0.15, 0.2) is 0 Å². The van der Waals surface area contributed by atoms with E-state index in [1.807, 2.05) is 6.07 Å². The molecule has 0 radical (unpaired) electrons. The molecule has 88 valence electrons. The van der Waals surface area contributed by atoms with Gasteiger partial charge >= 0.3 is 0 Å². The van der Waals surface area contributed by atoms with Crippen molar-refractivity contribution in [1.82, 2.24) is 9.88 Å². The first-order valence-electron chi connectivity index (χ1n) is 5.89. The smallest absolute Gasteiger partial charge is 0.214 e. The Bertz CT molecular complexity index is 335. The molecule has 0 aromatic carbocycles. The van der Waals surface area contributed by atoms with Crippen LogP contribution in [0, 0.1) is 5.95 Å². The van der Waals surface area contributed by atoms with Crippen LogP contribution in [-0.2, 0) is 0 Å². The van der Waals surface area contributed by atoms with E-state index < -0.39 is 5.95 Å². The molecule has 1 saturated heterocycles. The van der Waals surface area contributed by atoms with Gasteiger partial charge in [0.2, 0.25) is 5.95 Å². The van der Waals surface area contributed by atoms with E-state index in [0.717, 1.165) is 38.5 Å². The number of anilines is 1. The quantitative estimate of drug-likeness (QED) is 0.728. The van der Waals surface area contributed by atoms with E-state index >= 15 is 0 Å². The number of hydrogen-bond donors (Lipinski definition) is 0. The Morgan fingerprint density at radius 2 is 2.00 bits per heavy atom. The van der Waals surface area contributed by atoms with Crippen molar-refractivity contribution in [2.75, 3.05) is 37.6 Å². The number of pyridine rings is 1. The number of hydrogen-bond acceptors (Lipinski definition) is 3. The number of nitrogens with zero attached hydrogens (tertiary/aromatic N) is 3. The van der Waals surface area contributed by atoms with Gasteiger partial charge in [0, 0.05) is 26.2 Å². The summed E-state index contributed by atoms with van der Waals surface area (Å²) in [6.45, 7) is 7.33. The highest BCUT2D eigenvalue weighted by Crippen LogP contribution is 2.13. The minimum absolute atomic E-state index is 0.395. The van der Waals surface area contributed by atoms with Crippen LogP contribution in [0.4, 0.5) is 10.2 Å². The molecule has 0 bridgehead atoms. The van der Waals surface area contributed by atoms with Gasteiger partial charge in [-0.25, -0.2) is 4.98 Å². The Hall–Kier alpha value is -1.16. The van der Waals surface area contributed by atoms with Crippen LogP contribution in [0.1, 0.15) is 13.3 Å². The van der Waals surface area contributed by atoms with Gasteiger partial charge in [0.25, 0.3) is 0 Å². The van der Waals surface area contributed by atoms with Crippen LogP contribution < -0.4 is 4.90 Å². The van der Waals surface area contributed by atoms with Crippen molar-refractivity contribution in [3.05, 3.63) is 24.1 Å². The van der Waals surface area contributed by atoms with Crippen LogP contribution in [0.5, 0.6) is 0 Å². The molecule has 0 saturated carbocycles. The minimum atomic E-state index is -0.395. The molecule has 1 aromatic rings. The van der Waals surface area contributed by atoms with Crippen LogP contribution in [0.25, 0.3) is 0 Å². The largest absolute Gasteiger partial charge is 0.354 e. The Morgan fingerprint density at radius 3 is 2.62 bits per heavy atom. The summed E-state index contributed by atoms with van der Waals surface area (Å²) in [4.78, 5) is 8.50. The van der Waals surface area contributed by atoms with Crippen LogP contribution in [0.2, 0.25) is 0 Å². The van der Waals surface area contributed by atoms with E-state index in [4.69, 9.17) is 0 Å². The van der Waals surface area contributed by atoms with Gasteiger partial charge in [-0.05, 0) is 25.1 Å². The Labute approximate surface area is 95.9 Å². The van der Waals surface area contributed by atoms with Crippen molar-refractivity contribution in [2.45, 2.75) is 13.3 Å². The van der Waals surface area contributed by atoms with Gasteiger partial charge in [0.05, 0.1) is 0 Å². The molecule has 1 aliphatic rings. The molecule has 1 aromatic heterocycles. The van der Waals surface area contributed by atoms with Crippen LogP contribution in [-0.4, -0.2) is 42.6 Å². The number of piperazine rings is 1. The summed E-state index contributed by atoms with van der Waals surface area (Å²) in [5.74, 6) is 0.365. The van der Waals surface area contributed by atoms with Crippen molar-refractivity contribution in [1.29, 1.82) is 0 Å². The van der Waals surface area contributed by atoms with E-state index in [1.165, 1.54) is 12.5 Å². The lowest BCUT2D eigenvalue weighted by Crippen LogP contribution is -2.46. The fourth-order valence-electron chi connectivity index (χ4n) is 2.09. The second-order valence-corrected chi connectivity index (χ2v) is 4.15. The summed E-state index contributed by atoms with van der Waals surface area (Å²) in [5, 5.41) is 0. The molecule has 0 atom stereocenters. The highest BCUT2D eigenvalue weighted by atomic mass is 19.1. The third-order valence-electron chi connectivity index (χ3n) is 2.94. The third-order valence-corrected chi connectivity index (χ3v) is 2.94. The fourth-order valence-corrected chi connectivity index (χ4v) is 2.09. The predicted molar refractivity (Wildman–Crippen MR) is 63.1 cm³/mol. The van der Waals surface area contributed by atoms with Crippen LogP contribution in [0.3, 0.4) is 0 Å². The average molecular weight is 223 g/mol. The summed E-state index contributed by atoms with van der Waals surface area (Å²) in [7, 11) is 0. The van der Waals surface area contributed by atoms with Crippen molar-refractivity contribution in [3.8, 4) is 0 Å². The zero-order chi connectivity index (χ0) is 11.4. The highest BCUT2D eigenvalue weighted by Gasteiger charge is 2.17. The summed E-state index contributed by atoms with van der Waals surface area (Å²) in [5.41, 5.74) is 0. The van der Waals surface area contributed by atoms with Crippen molar-refractivity contribution < 1.29 is 4.39 Å². The minimum Gasteiger partial charge on any atom is -0.354 e. The first kappa shape index (κ1) is 11.3. The standard InChI is InChI=1S/C12H18FN3/c1-2-6-15-7-9-16(10-8-15)12-5-3-4-11(13)14-12/h3-5H,2,6-10H2,1H3. The maximum Gasteiger partial charge on any atom is 0.214 e. The van der Waals surface area contributed by atoms with Gasteiger partial charge < -0.3 is 4.90 Å². The molecule has 2 heterocycles. The van der Waals surface area contributed by atoms with Crippen LogP contribution in [0.15, 0.2) is 18.2 Å². The molecule has 0 spiro atoms. The molecule has 2 rings (SSSR count). The molecule has 4 heteroatoms. The Kier molecular flexibility index (Phi) is 3.72. The Balaban J connectivity index is 1.94. The molecule has 3 nitrogen and oxygen atoms in total. The number of halogens is 1. The monoisotopic (exact) mass is 223 g/mol. The van der Waals surface area contributed by atoms with Gasteiger partial charge in [-0.3, -0.25) is 4.90 Å². The SMILES string of the molecule is CCCN1CCN(c2cccc(F)n2)CC1. The zero-order valence-electron chi connectivity index (χ0n) is 9.69. The van der Waals surface area contributed by atoms with Crippen LogP contribution >= 0.6 is 0 Å². The van der Waals surface area contributed by atoms with E-state index in [-0.39, 0.29) is 0 Å². The van der Waals surface area contributed by atoms with E-state index in [2.05, 4.69) is 21.7 Å². The third kappa shape index (κ3) is 2.70. The molecule has 1 fully saturated rings. The summed E-state index contributed by atoms with van der Waals surface area (Å²) >= 11 is 0. The van der Waals surface area contributed by atoms with Gasteiger partial charge in [-0.2, -0.15) is 4.39 Å². The zero-order valence-corrected chi connectivity index (χ0v) is 9.69. The number of rotatable bonds is 3. The molecule has 16 heavy (non-hydrogen) atoms. The molecular weight excluding hydrogens is 205 g/mol. The first-order valence-corrected chi connectivity index (χ1v) is 5.89. The molecular formula is C12H18FN3. The van der Waals surface area contributed by atoms with Crippen molar-refractivity contribution >= 4 is 5.82 Å². The fraction of sp³-hybridized carbons (Fsp3) is 0.583. The second-order valence-electron chi connectivity index (χ2n) is 4.15. The van der Waals surface area contributed by atoms with Crippen molar-refractivity contribution in [3.63, 3.8) is 0 Å². The predicted octanol–water partition coefficient (Wildman–Crippen LogP) is 1.75. The number of aromatic nitrogens is 1. The molecule has 0 N–H and O–H groups in total. The summed E-state index contributed by atoms with van der Waals surface area (Å²) < 4.78 is 13.0. The summed E-state index contributed by atoms with van der Waals surface area (Å²) in [6.07, 6.45) is 1.19. The van der Waals surface area contributed by atoms with Gasteiger partial charge in [-0.1, -0.05) is 13.0 Å². The topological polar surface area (TPSA) is 19.4 Å². The highest BCUT2D eigenvalue weighted by molar-refractivity contribution is 5.38. The Morgan fingerprint density at radius 1 is 1.25 bits per heavy atom. The molecule has 0 amide bonds. The molecule has 0 aliphatic carbocycles. The van der Waals surface area contributed by atoms with Crippen molar-refractivity contribution in [2.24, 2.45) is 0 Å². The lowest BCUT2D eigenvalue weighted by atomic mass is 10.3. The maximum absolute atomic E-state index is 13.0. The first-order chi connectivity index (χ1) is 7.79. The normalized spacial score (nSPS) is 17.8. The molecule has 0 unspecified atom stereocenters.